The van der Waals surface area contributed by atoms with Crippen molar-refractivity contribution in [2.24, 2.45) is 5.92 Å². The Balaban J connectivity index is 1.75. The normalized spacial score (nSPS) is 13.7. The van der Waals surface area contributed by atoms with Gasteiger partial charge in [-0.25, -0.2) is 9.78 Å². The Labute approximate surface area is 136 Å². The molecule has 2 rings (SSSR count). The molecule has 0 saturated heterocycles. The van der Waals surface area contributed by atoms with Gasteiger partial charge in [0, 0.05) is 31.9 Å². The minimum absolute atomic E-state index is 0.177. The van der Waals surface area contributed by atoms with Gasteiger partial charge in [-0.3, -0.25) is 0 Å². The zero-order valence-corrected chi connectivity index (χ0v) is 14.0. The fourth-order valence-electron chi connectivity index (χ4n) is 2.36. The van der Waals surface area contributed by atoms with E-state index >= 15 is 0 Å². The minimum atomic E-state index is -0.507. The van der Waals surface area contributed by atoms with Gasteiger partial charge in [-0.05, 0) is 24.5 Å². The molecule has 2 unspecified atom stereocenters. The summed E-state index contributed by atoms with van der Waals surface area (Å²) in [5, 5.41) is 15.3. The summed E-state index contributed by atoms with van der Waals surface area (Å²) in [7, 11) is 0. The molecule has 0 saturated carbocycles. The lowest BCUT2D eigenvalue weighted by molar-refractivity contribution is 0.114. The molecular formula is C17H26N4O2. The van der Waals surface area contributed by atoms with Crippen molar-refractivity contribution in [2.45, 2.75) is 39.7 Å². The molecule has 126 valence electrons. The second-order valence-corrected chi connectivity index (χ2v) is 5.99. The van der Waals surface area contributed by atoms with Gasteiger partial charge in [-0.2, -0.15) is 0 Å². The van der Waals surface area contributed by atoms with Crippen molar-refractivity contribution < 1.29 is 9.90 Å². The van der Waals surface area contributed by atoms with Crippen molar-refractivity contribution >= 4 is 11.7 Å². The molecule has 0 bridgehead atoms. The Morgan fingerprint density at radius 2 is 2.22 bits per heavy atom. The number of hydrogen-bond donors (Lipinski definition) is 3. The second-order valence-electron chi connectivity index (χ2n) is 5.99. The minimum Gasteiger partial charge on any atom is -0.391 e. The van der Waals surface area contributed by atoms with Gasteiger partial charge in [0.15, 0.2) is 0 Å². The van der Waals surface area contributed by atoms with Crippen LogP contribution in [0.25, 0.3) is 5.65 Å². The van der Waals surface area contributed by atoms with E-state index in [2.05, 4.69) is 15.6 Å². The van der Waals surface area contributed by atoms with Crippen LogP contribution in [-0.2, 0) is 6.42 Å². The monoisotopic (exact) mass is 318 g/mol. The maximum absolute atomic E-state index is 11.7. The van der Waals surface area contributed by atoms with Crippen molar-refractivity contribution in [1.29, 1.82) is 0 Å². The predicted molar refractivity (Wildman–Crippen MR) is 90.5 cm³/mol. The van der Waals surface area contributed by atoms with E-state index in [1.807, 2.05) is 49.7 Å². The van der Waals surface area contributed by atoms with Gasteiger partial charge < -0.3 is 20.1 Å². The summed E-state index contributed by atoms with van der Waals surface area (Å²) < 4.78 is 1.99. The van der Waals surface area contributed by atoms with Crippen LogP contribution in [-0.4, -0.2) is 39.7 Å². The van der Waals surface area contributed by atoms with E-state index in [0.717, 1.165) is 23.3 Å². The van der Waals surface area contributed by atoms with Gasteiger partial charge in [0.05, 0.1) is 11.8 Å². The number of carbonyl (C=O) groups is 1. The van der Waals surface area contributed by atoms with Crippen molar-refractivity contribution in [1.82, 2.24) is 20.0 Å². The number of nitrogens with one attached hydrogen (secondary N) is 2. The van der Waals surface area contributed by atoms with Crippen LogP contribution in [0.3, 0.4) is 0 Å². The fraction of sp³-hybridized carbons (Fsp3) is 0.529. The summed E-state index contributed by atoms with van der Waals surface area (Å²) in [6, 6.07) is 3.76. The summed E-state index contributed by atoms with van der Waals surface area (Å²) in [6.07, 6.45) is 5.00. The number of nitrogens with zero attached hydrogens (tertiary/aromatic N) is 2. The maximum Gasteiger partial charge on any atom is 0.314 e. The first-order valence-electron chi connectivity index (χ1n) is 8.14. The zero-order valence-electron chi connectivity index (χ0n) is 14.0. The van der Waals surface area contributed by atoms with Crippen LogP contribution in [0.15, 0.2) is 24.5 Å². The molecule has 2 atom stereocenters. The number of carbonyl (C=O) groups excluding carboxylic acids is 1. The van der Waals surface area contributed by atoms with Gasteiger partial charge in [-0.15, -0.1) is 0 Å². The van der Waals surface area contributed by atoms with Crippen molar-refractivity contribution in [2.75, 3.05) is 13.1 Å². The first-order valence-corrected chi connectivity index (χ1v) is 8.14. The molecule has 0 radical (unpaired) electrons. The number of aliphatic hydroxyl groups excluding tert-OH is 1. The van der Waals surface area contributed by atoms with Crippen LogP contribution in [0.2, 0.25) is 0 Å². The third-order valence-corrected chi connectivity index (χ3v) is 4.17. The van der Waals surface area contributed by atoms with Crippen LogP contribution in [0, 0.1) is 12.8 Å². The number of amides is 2. The molecule has 0 aromatic carbocycles. The van der Waals surface area contributed by atoms with E-state index in [-0.39, 0.29) is 18.5 Å². The smallest absolute Gasteiger partial charge is 0.314 e. The molecule has 0 spiro atoms. The van der Waals surface area contributed by atoms with E-state index in [1.165, 1.54) is 0 Å². The maximum atomic E-state index is 11.7. The molecule has 6 nitrogen and oxygen atoms in total. The lowest BCUT2D eigenvalue weighted by Crippen LogP contribution is -2.42. The summed E-state index contributed by atoms with van der Waals surface area (Å²) in [5.74, 6) is 0.177. The Hall–Kier alpha value is -2.08. The summed E-state index contributed by atoms with van der Waals surface area (Å²) in [4.78, 5) is 16.3. The Morgan fingerprint density at radius 3 is 2.91 bits per heavy atom. The van der Waals surface area contributed by atoms with E-state index in [9.17, 15) is 9.90 Å². The quantitative estimate of drug-likeness (QED) is 0.729. The molecule has 2 aromatic heterocycles. The van der Waals surface area contributed by atoms with Gasteiger partial charge in [0.2, 0.25) is 0 Å². The Bertz CT molecular complexity index is 653. The predicted octanol–water partition coefficient (Wildman–Crippen LogP) is 1.89. The number of aromatic nitrogens is 2. The highest BCUT2D eigenvalue weighted by Gasteiger charge is 2.13. The molecule has 0 fully saturated rings. The lowest BCUT2D eigenvalue weighted by Gasteiger charge is -2.17. The molecule has 2 heterocycles. The molecule has 0 aliphatic heterocycles. The van der Waals surface area contributed by atoms with Crippen molar-refractivity contribution in [3.63, 3.8) is 0 Å². The van der Waals surface area contributed by atoms with Gasteiger partial charge in [-0.1, -0.05) is 26.3 Å². The van der Waals surface area contributed by atoms with Crippen molar-refractivity contribution in [3.8, 4) is 0 Å². The SMILES string of the molecule is CCC(C)C(O)CNC(=O)NCCc1cn2cccc(C)c2n1. The topological polar surface area (TPSA) is 78.7 Å². The Kier molecular flexibility index (Phi) is 5.98. The molecule has 2 amide bonds. The van der Waals surface area contributed by atoms with Crippen LogP contribution < -0.4 is 10.6 Å². The van der Waals surface area contributed by atoms with Crippen LogP contribution in [0.5, 0.6) is 0 Å². The number of rotatable bonds is 7. The number of imidazole rings is 1. The molecule has 23 heavy (non-hydrogen) atoms. The second kappa shape index (κ2) is 7.97. The third-order valence-electron chi connectivity index (χ3n) is 4.17. The zero-order chi connectivity index (χ0) is 16.8. The van der Waals surface area contributed by atoms with E-state index in [4.69, 9.17) is 0 Å². The molecule has 2 aromatic rings. The summed E-state index contributed by atoms with van der Waals surface area (Å²) >= 11 is 0. The highest BCUT2D eigenvalue weighted by molar-refractivity contribution is 5.73. The number of urea groups is 1. The lowest BCUT2D eigenvalue weighted by atomic mass is 10.0. The van der Waals surface area contributed by atoms with E-state index in [0.29, 0.717) is 13.0 Å². The summed E-state index contributed by atoms with van der Waals surface area (Å²) in [5.41, 5.74) is 3.02. The van der Waals surface area contributed by atoms with Crippen LogP contribution in [0.1, 0.15) is 31.5 Å². The average Bonchev–Trinajstić information content (AvgIpc) is 2.96. The highest BCUT2D eigenvalue weighted by atomic mass is 16.3. The largest absolute Gasteiger partial charge is 0.391 e. The first kappa shape index (κ1) is 17.3. The van der Waals surface area contributed by atoms with E-state index < -0.39 is 6.10 Å². The number of aryl methyl sites for hydroxylation is 1. The number of hydrogen-bond acceptors (Lipinski definition) is 3. The third kappa shape index (κ3) is 4.69. The number of pyridine rings is 1. The number of aliphatic hydroxyl groups is 1. The molecular weight excluding hydrogens is 292 g/mol. The van der Waals surface area contributed by atoms with Gasteiger partial charge >= 0.3 is 6.03 Å². The molecule has 6 heteroatoms. The Morgan fingerprint density at radius 1 is 1.43 bits per heavy atom. The summed E-state index contributed by atoms with van der Waals surface area (Å²) in [6.45, 7) is 6.79. The highest BCUT2D eigenvalue weighted by Crippen LogP contribution is 2.10. The van der Waals surface area contributed by atoms with Gasteiger partial charge in [0.25, 0.3) is 0 Å². The average molecular weight is 318 g/mol. The standard InChI is InChI=1S/C17H26N4O2/c1-4-12(2)15(22)10-19-17(23)18-8-7-14-11-21-9-5-6-13(3)16(21)20-14/h5-6,9,11-12,15,22H,4,7-8,10H2,1-3H3,(H2,18,19,23). The first-order chi connectivity index (χ1) is 11.0. The van der Waals surface area contributed by atoms with Crippen LogP contribution in [0.4, 0.5) is 4.79 Å². The van der Waals surface area contributed by atoms with Crippen molar-refractivity contribution in [3.05, 3.63) is 35.8 Å². The van der Waals surface area contributed by atoms with Crippen LogP contribution >= 0.6 is 0 Å². The van der Waals surface area contributed by atoms with E-state index in [1.54, 1.807) is 0 Å². The fourth-order valence-corrected chi connectivity index (χ4v) is 2.36. The molecule has 0 aliphatic carbocycles. The molecule has 0 aliphatic rings. The number of fused-ring (bicyclic) bond motifs is 1. The van der Waals surface area contributed by atoms with Gasteiger partial charge in [0.1, 0.15) is 5.65 Å². The molecule has 3 N–H and O–H groups in total.